The number of thioether (sulfide) groups is 2. The van der Waals surface area contributed by atoms with Gasteiger partial charge in [0, 0.05) is 11.5 Å². The van der Waals surface area contributed by atoms with Gasteiger partial charge in [-0.1, -0.05) is 0 Å². The van der Waals surface area contributed by atoms with Crippen LogP contribution < -0.4 is 11.5 Å². The average molecular weight is 150 g/mol. The maximum Gasteiger partial charge on any atom is 0.0614 e. The Morgan fingerprint density at radius 1 is 1.12 bits per heavy atom. The molecular formula is C4H10N2S2. The zero-order valence-corrected chi connectivity index (χ0v) is 6.17. The fraction of sp³-hybridized carbons (Fsp3) is 1.00. The molecule has 2 atom stereocenters. The van der Waals surface area contributed by atoms with Crippen LogP contribution in [0.25, 0.3) is 0 Å². The van der Waals surface area contributed by atoms with E-state index in [1.807, 2.05) is 11.8 Å². The van der Waals surface area contributed by atoms with Gasteiger partial charge < -0.3 is 11.5 Å². The molecule has 1 fully saturated rings. The Bertz CT molecular complexity index is 70.4. The smallest absolute Gasteiger partial charge is 0.0614 e. The highest BCUT2D eigenvalue weighted by Crippen LogP contribution is 2.23. The van der Waals surface area contributed by atoms with Crippen molar-refractivity contribution in [1.82, 2.24) is 0 Å². The molecule has 48 valence electrons. The van der Waals surface area contributed by atoms with Gasteiger partial charge in [-0.25, -0.2) is 0 Å². The molecule has 4 N–H and O–H groups in total. The fourth-order valence-electron chi connectivity index (χ4n) is 0.603. The summed E-state index contributed by atoms with van der Waals surface area (Å²) in [5.74, 6) is 2.11. The van der Waals surface area contributed by atoms with Gasteiger partial charge in [0.2, 0.25) is 0 Å². The molecule has 2 nitrogen and oxygen atoms in total. The van der Waals surface area contributed by atoms with Crippen LogP contribution in [-0.2, 0) is 0 Å². The minimum Gasteiger partial charge on any atom is -0.319 e. The molecular weight excluding hydrogens is 140 g/mol. The topological polar surface area (TPSA) is 52.0 Å². The fourth-order valence-corrected chi connectivity index (χ4v) is 2.86. The molecule has 0 spiro atoms. The molecule has 8 heavy (non-hydrogen) atoms. The summed E-state index contributed by atoms with van der Waals surface area (Å²) in [4.78, 5) is 0. The second kappa shape index (κ2) is 2.96. The summed E-state index contributed by atoms with van der Waals surface area (Å²) in [6, 6.07) is 0. The third-order valence-corrected chi connectivity index (χ3v) is 3.56. The zero-order valence-electron chi connectivity index (χ0n) is 4.54. The van der Waals surface area contributed by atoms with Gasteiger partial charge in [-0.05, 0) is 0 Å². The summed E-state index contributed by atoms with van der Waals surface area (Å²) in [5.41, 5.74) is 11.2. The van der Waals surface area contributed by atoms with E-state index in [1.54, 1.807) is 11.8 Å². The third kappa shape index (κ3) is 1.85. The Morgan fingerprint density at radius 2 is 1.62 bits per heavy atom. The highest BCUT2D eigenvalue weighted by molar-refractivity contribution is 8.07. The summed E-state index contributed by atoms with van der Waals surface area (Å²) < 4.78 is 0. The van der Waals surface area contributed by atoms with Crippen LogP contribution in [0, 0.1) is 0 Å². The molecule has 0 radical (unpaired) electrons. The van der Waals surface area contributed by atoms with Crippen molar-refractivity contribution in [2.24, 2.45) is 11.5 Å². The van der Waals surface area contributed by atoms with Crippen molar-refractivity contribution in [3.63, 3.8) is 0 Å². The highest BCUT2D eigenvalue weighted by Gasteiger charge is 2.15. The number of rotatable bonds is 0. The Morgan fingerprint density at radius 3 is 1.88 bits per heavy atom. The first-order valence-corrected chi connectivity index (χ1v) is 4.63. The van der Waals surface area contributed by atoms with Crippen LogP contribution in [0.3, 0.4) is 0 Å². The van der Waals surface area contributed by atoms with Crippen LogP contribution in [0.2, 0.25) is 0 Å². The first-order chi connectivity index (χ1) is 3.79. The quantitative estimate of drug-likeness (QED) is 0.512. The van der Waals surface area contributed by atoms with Crippen LogP contribution in [0.1, 0.15) is 0 Å². The first kappa shape index (κ1) is 6.74. The molecule has 4 heteroatoms. The van der Waals surface area contributed by atoms with E-state index in [1.165, 1.54) is 0 Å². The molecule has 1 saturated heterocycles. The van der Waals surface area contributed by atoms with Gasteiger partial charge in [-0.3, -0.25) is 0 Å². The molecule has 0 amide bonds. The monoisotopic (exact) mass is 150 g/mol. The minimum absolute atomic E-state index is 0.267. The van der Waals surface area contributed by atoms with Gasteiger partial charge in [-0.2, -0.15) is 11.8 Å². The van der Waals surface area contributed by atoms with E-state index < -0.39 is 0 Å². The molecule has 2 unspecified atom stereocenters. The van der Waals surface area contributed by atoms with Crippen LogP contribution in [-0.4, -0.2) is 22.3 Å². The lowest BCUT2D eigenvalue weighted by molar-refractivity contribution is 0.976. The van der Waals surface area contributed by atoms with Crippen molar-refractivity contribution < 1.29 is 0 Å². The summed E-state index contributed by atoms with van der Waals surface area (Å²) >= 11 is 3.52. The van der Waals surface area contributed by atoms with Gasteiger partial charge in [0.1, 0.15) is 0 Å². The lowest BCUT2D eigenvalue weighted by Crippen LogP contribution is -2.33. The van der Waals surface area contributed by atoms with E-state index in [4.69, 9.17) is 11.5 Å². The lowest BCUT2D eigenvalue weighted by atomic mass is 10.8. The largest absolute Gasteiger partial charge is 0.319 e. The van der Waals surface area contributed by atoms with E-state index >= 15 is 0 Å². The highest BCUT2D eigenvalue weighted by atomic mass is 32.2. The molecule has 0 bridgehead atoms. The van der Waals surface area contributed by atoms with Gasteiger partial charge in [-0.15, -0.1) is 11.8 Å². The Kier molecular flexibility index (Phi) is 2.49. The predicted octanol–water partition coefficient (Wildman–Crippen LogP) is 0.0360. The van der Waals surface area contributed by atoms with Gasteiger partial charge >= 0.3 is 0 Å². The van der Waals surface area contributed by atoms with Gasteiger partial charge in [0.15, 0.2) is 0 Å². The summed E-state index contributed by atoms with van der Waals surface area (Å²) in [6.45, 7) is 0. The predicted molar refractivity (Wildman–Crippen MR) is 40.9 cm³/mol. The van der Waals surface area contributed by atoms with Gasteiger partial charge in [0.05, 0.1) is 10.7 Å². The summed E-state index contributed by atoms with van der Waals surface area (Å²) in [6.07, 6.45) is 0. The maximum absolute atomic E-state index is 5.59. The SMILES string of the molecule is NC1CSCC(N)S1. The molecule has 0 saturated carbocycles. The molecule has 1 rings (SSSR count). The Labute approximate surface area is 57.8 Å². The summed E-state index contributed by atoms with van der Waals surface area (Å²) in [5, 5.41) is 0.535. The van der Waals surface area contributed by atoms with Crippen molar-refractivity contribution in [2.45, 2.75) is 10.7 Å². The van der Waals surface area contributed by atoms with Crippen molar-refractivity contribution in [3.8, 4) is 0 Å². The van der Waals surface area contributed by atoms with Crippen LogP contribution in [0.15, 0.2) is 0 Å². The normalized spacial score (nSPS) is 39.8. The third-order valence-electron chi connectivity index (χ3n) is 0.914. The number of hydrogen-bond acceptors (Lipinski definition) is 4. The number of nitrogens with two attached hydrogens (primary N) is 2. The average Bonchev–Trinajstić information content (AvgIpc) is 1.64. The second-order valence-electron chi connectivity index (χ2n) is 1.75. The molecule has 0 aromatic carbocycles. The molecule has 1 aliphatic rings. The Hall–Kier alpha value is 0.620. The Balaban J connectivity index is 2.23. The van der Waals surface area contributed by atoms with E-state index in [2.05, 4.69) is 0 Å². The maximum atomic E-state index is 5.59. The summed E-state index contributed by atoms with van der Waals surface area (Å²) in [7, 11) is 0. The van der Waals surface area contributed by atoms with E-state index in [9.17, 15) is 0 Å². The standard InChI is InChI=1S/C4H10N2S2/c5-3-1-7-2-4(6)8-3/h3-4H,1-2,5-6H2. The van der Waals surface area contributed by atoms with E-state index in [0.29, 0.717) is 0 Å². The van der Waals surface area contributed by atoms with Crippen LogP contribution >= 0.6 is 23.5 Å². The molecule has 0 aromatic heterocycles. The van der Waals surface area contributed by atoms with Gasteiger partial charge in [0.25, 0.3) is 0 Å². The molecule has 0 aromatic rings. The van der Waals surface area contributed by atoms with E-state index in [0.717, 1.165) is 11.5 Å². The first-order valence-electron chi connectivity index (χ1n) is 2.53. The molecule has 1 aliphatic heterocycles. The molecule has 0 aliphatic carbocycles. The minimum atomic E-state index is 0.267. The number of hydrogen-bond donors (Lipinski definition) is 2. The van der Waals surface area contributed by atoms with Crippen molar-refractivity contribution in [1.29, 1.82) is 0 Å². The van der Waals surface area contributed by atoms with Crippen molar-refractivity contribution in [3.05, 3.63) is 0 Å². The molecule has 1 heterocycles. The second-order valence-corrected chi connectivity index (χ2v) is 4.31. The van der Waals surface area contributed by atoms with Crippen molar-refractivity contribution >= 4 is 23.5 Å². The van der Waals surface area contributed by atoms with E-state index in [-0.39, 0.29) is 10.7 Å². The zero-order chi connectivity index (χ0) is 5.98. The van der Waals surface area contributed by atoms with Crippen LogP contribution in [0.5, 0.6) is 0 Å². The van der Waals surface area contributed by atoms with Crippen molar-refractivity contribution in [2.75, 3.05) is 11.5 Å². The van der Waals surface area contributed by atoms with Crippen LogP contribution in [0.4, 0.5) is 0 Å². The lowest BCUT2D eigenvalue weighted by Gasteiger charge is -2.21.